The fourth-order valence-corrected chi connectivity index (χ4v) is 3.03. The first-order chi connectivity index (χ1) is 11.4. The number of nitrogens with one attached hydrogen (secondary N) is 1. The van der Waals surface area contributed by atoms with Gasteiger partial charge in [-0.25, -0.2) is 4.79 Å². The predicted molar refractivity (Wildman–Crippen MR) is 89.2 cm³/mol. The van der Waals surface area contributed by atoms with Crippen molar-refractivity contribution < 1.29 is 19.5 Å². The number of rotatable bonds is 7. The van der Waals surface area contributed by atoms with Crippen LogP contribution in [0.5, 0.6) is 0 Å². The molecule has 0 spiro atoms. The summed E-state index contributed by atoms with van der Waals surface area (Å²) < 4.78 is 0. The molecule has 1 saturated heterocycles. The Labute approximate surface area is 141 Å². The van der Waals surface area contributed by atoms with Crippen LogP contribution in [0.15, 0.2) is 30.3 Å². The van der Waals surface area contributed by atoms with E-state index < -0.39 is 17.9 Å². The molecule has 0 aromatic heterocycles. The van der Waals surface area contributed by atoms with Crippen LogP contribution in [-0.2, 0) is 14.4 Å². The third kappa shape index (κ3) is 4.13. The topological polar surface area (TPSA) is 86.7 Å². The van der Waals surface area contributed by atoms with Crippen molar-refractivity contribution in [3.63, 3.8) is 0 Å². The van der Waals surface area contributed by atoms with Gasteiger partial charge in [-0.3, -0.25) is 9.59 Å². The molecule has 1 fully saturated rings. The summed E-state index contributed by atoms with van der Waals surface area (Å²) in [6.07, 6.45) is 1.17. The third-order valence-corrected chi connectivity index (χ3v) is 4.47. The van der Waals surface area contributed by atoms with Crippen molar-refractivity contribution >= 4 is 17.8 Å². The molecule has 0 radical (unpaired) electrons. The standard InChI is InChI=1S/C18H24N2O4/c1-3-7-15(18(23)24)19-17(22)14-10-16(21)20(11-14)12(2)13-8-5-4-6-9-13/h4-6,8-9,12,14-15H,3,7,10-11H2,1-2H3,(H,19,22)(H,23,24). The summed E-state index contributed by atoms with van der Waals surface area (Å²) >= 11 is 0. The van der Waals surface area contributed by atoms with Gasteiger partial charge in [0.2, 0.25) is 11.8 Å². The lowest BCUT2D eigenvalue weighted by Gasteiger charge is -2.25. The van der Waals surface area contributed by atoms with Gasteiger partial charge in [-0.2, -0.15) is 0 Å². The van der Waals surface area contributed by atoms with Gasteiger partial charge < -0.3 is 15.3 Å². The number of nitrogens with zero attached hydrogens (tertiary/aromatic N) is 1. The molecule has 6 nitrogen and oxygen atoms in total. The maximum absolute atomic E-state index is 12.3. The molecule has 0 aliphatic carbocycles. The molecule has 24 heavy (non-hydrogen) atoms. The Hall–Kier alpha value is -2.37. The largest absolute Gasteiger partial charge is 0.480 e. The second kappa shape index (κ2) is 7.95. The van der Waals surface area contributed by atoms with Crippen molar-refractivity contribution in [3.8, 4) is 0 Å². The number of carbonyl (C=O) groups is 3. The molecule has 1 aliphatic heterocycles. The van der Waals surface area contributed by atoms with Crippen molar-refractivity contribution in [2.24, 2.45) is 5.92 Å². The highest BCUT2D eigenvalue weighted by atomic mass is 16.4. The zero-order valence-corrected chi connectivity index (χ0v) is 14.1. The van der Waals surface area contributed by atoms with Crippen molar-refractivity contribution in [3.05, 3.63) is 35.9 Å². The molecule has 0 saturated carbocycles. The summed E-state index contributed by atoms with van der Waals surface area (Å²) in [5.74, 6) is -1.97. The van der Waals surface area contributed by atoms with E-state index >= 15 is 0 Å². The molecule has 1 aromatic rings. The van der Waals surface area contributed by atoms with E-state index in [1.165, 1.54) is 0 Å². The van der Waals surface area contributed by atoms with Crippen molar-refractivity contribution in [2.45, 2.75) is 45.2 Å². The van der Waals surface area contributed by atoms with Crippen molar-refractivity contribution in [1.82, 2.24) is 10.2 Å². The van der Waals surface area contributed by atoms with Gasteiger partial charge in [0.25, 0.3) is 0 Å². The minimum absolute atomic E-state index is 0.0751. The minimum Gasteiger partial charge on any atom is -0.480 e. The Morgan fingerprint density at radius 3 is 2.58 bits per heavy atom. The molecule has 1 aliphatic rings. The fraction of sp³-hybridized carbons (Fsp3) is 0.500. The van der Waals surface area contributed by atoms with Crippen molar-refractivity contribution in [2.75, 3.05) is 6.54 Å². The Bertz CT molecular complexity index is 602. The Morgan fingerprint density at radius 1 is 1.33 bits per heavy atom. The van der Waals surface area contributed by atoms with Crippen molar-refractivity contribution in [1.29, 1.82) is 0 Å². The maximum Gasteiger partial charge on any atom is 0.326 e. The smallest absolute Gasteiger partial charge is 0.326 e. The van der Waals surface area contributed by atoms with Crippen LogP contribution in [0.4, 0.5) is 0 Å². The molecule has 130 valence electrons. The Balaban J connectivity index is 2.01. The summed E-state index contributed by atoms with van der Waals surface area (Å²) in [5.41, 5.74) is 1.02. The Morgan fingerprint density at radius 2 is 2.00 bits per heavy atom. The van der Waals surface area contributed by atoms with E-state index in [4.69, 9.17) is 5.11 Å². The summed E-state index contributed by atoms with van der Waals surface area (Å²) in [6, 6.07) is 8.65. The monoisotopic (exact) mass is 332 g/mol. The molecular weight excluding hydrogens is 308 g/mol. The van der Waals surface area contributed by atoms with Crippen LogP contribution in [0.3, 0.4) is 0 Å². The summed E-state index contributed by atoms with van der Waals surface area (Å²) in [6.45, 7) is 4.12. The highest BCUT2D eigenvalue weighted by Crippen LogP contribution is 2.28. The number of aliphatic carboxylic acids is 1. The number of carbonyl (C=O) groups excluding carboxylic acids is 2. The molecular formula is C18H24N2O4. The van der Waals surface area contributed by atoms with E-state index in [0.29, 0.717) is 19.4 Å². The van der Waals surface area contributed by atoms with Crippen LogP contribution in [0.2, 0.25) is 0 Å². The van der Waals surface area contributed by atoms with Gasteiger partial charge in [-0.05, 0) is 18.9 Å². The van der Waals surface area contributed by atoms with E-state index in [1.807, 2.05) is 44.2 Å². The van der Waals surface area contributed by atoms with Gasteiger partial charge in [0, 0.05) is 13.0 Å². The number of carboxylic acids is 1. The minimum atomic E-state index is -1.04. The molecule has 3 unspecified atom stereocenters. The number of amides is 2. The SMILES string of the molecule is CCCC(NC(=O)C1CC(=O)N(C(C)c2ccccc2)C1)C(=O)O. The first kappa shape index (κ1) is 18.0. The number of hydrogen-bond acceptors (Lipinski definition) is 3. The first-order valence-electron chi connectivity index (χ1n) is 8.31. The van der Waals surface area contributed by atoms with E-state index in [0.717, 1.165) is 5.56 Å². The molecule has 2 N–H and O–H groups in total. The molecule has 2 amide bonds. The number of hydrogen-bond donors (Lipinski definition) is 2. The van der Waals surface area contributed by atoms with Gasteiger partial charge >= 0.3 is 5.97 Å². The second-order valence-corrected chi connectivity index (χ2v) is 6.22. The second-order valence-electron chi connectivity index (χ2n) is 6.22. The lowest BCUT2D eigenvalue weighted by molar-refractivity contribution is -0.142. The van der Waals surface area contributed by atoms with Gasteiger partial charge in [0.1, 0.15) is 6.04 Å². The first-order valence-corrected chi connectivity index (χ1v) is 8.31. The maximum atomic E-state index is 12.3. The van der Waals surface area contributed by atoms with Crippen LogP contribution in [0.25, 0.3) is 0 Å². The van der Waals surface area contributed by atoms with E-state index in [9.17, 15) is 14.4 Å². The Kier molecular flexibility index (Phi) is 5.95. The molecule has 1 heterocycles. The van der Waals surface area contributed by atoms with Gasteiger partial charge in [-0.15, -0.1) is 0 Å². The zero-order chi connectivity index (χ0) is 17.7. The van der Waals surface area contributed by atoms with Gasteiger partial charge in [0.05, 0.1) is 12.0 Å². The summed E-state index contributed by atoms with van der Waals surface area (Å²) in [4.78, 5) is 37.5. The van der Waals surface area contributed by atoms with Gasteiger partial charge in [0.15, 0.2) is 0 Å². The summed E-state index contributed by atoms with van der Waals surface area (Å²) in [7, 11) is 0. The highest BCUT2D eigenvalue weighted by Gasteiger charge is 2.38. The number of carboxylic acid groups (broad SMARTS) is 1. The zero-order valence-electron chi connectivity index (χ0n) is 14.1. The quantitative estimate of drug-likeness (QED) is 0.799. The molecule has 2 rings (SSSR count). The molecule has 3 atom stereocenters. The average Bonchev–Trinajstić information content (AvgIpc) is 2.96. The fourth-order valence-electron chi connectivity index (χ4n) is 3.03. The highest BCUT2D eigenvalue weighted by molar-refractivity contribution is 5.91. The third-order valence-electron chi connectivity index (χ3n) is 4.47. The predicted octanol–water partition coefficient (Wildman–Crippen LogP) is 1.97. The normalized spacial score (nSPS) is 19.8. The number of benzene rings is 1. The number of likely N-dealkylation sites (tertiary alicyclic amines) is 1. The van der Waals surface area contributed by atoms with E-state index in [-0.39, 0.29) is 24.3 Å². The molecule has 6 heteroatoms. The van der Waals surface area contributed by atoms with Crippen LogP contribution in [0.1, 0.15) is 44.7 Å². The van der Waals surface area contributed by atoms with Crippen LogP contribution < -0.4 is 5.32 Å². The van der Waals surface area contributed by atoms with Crippen LogP contribution in [-0.4, -0.2) is 40.4 Å². The van der Waals surface area contributed by atoms with Gasteiger partial charge in [-0.1, -0.05) is 43.7 Å². The summed E-state index contributed by atoms with van der Waals surface area (Å²) in [5, 5.41) is 11.7. The average molecular weight is 332 g/mol. The van der Waals surface area contributed by atoms with E-state index in [2.05, 4.69) is 5.32 Å². The lowest BCUT2D eigenvalue weighted by Crippen LogP contribution is -2.44. The van der Waals surface area contributed by atoms with Crippen LogP contribution >= 0.6 is 0 Å². The lowest BCUT2D eigenvalue weighted by atomic mass is 10.1. The van der Waals surface area contributed by atoms with E-state index in [1.54, 1.807) is 4.90 Å². The molecule has 0 bridgehead atoms. The van der Waals surface area contributed by atoms with Crippen LogP contribution in [0, 0.1) is 5.92 Å². The molecule has 1 aromatic carbocycles.